The van der Waals surface area contributed by atoms with Gasteiger partial charge in [-0.2, -0.15) is 0 Å². The van der Waals surface area contributed by atoms with Crippen molar-refractivity contribution in [2.45, 2.75) is 51.5 Å². The zero-order chi connectivity index (χ0) is 14.5. The monoisotopic (exact) mass is 341 g/mol. The summed E-state index contributed by atoms with van der Waals surface area (Å²) in [6.07, 6.45) is 2.24. The maximum absolute atomic E-state index is 10.1. The maximum Gasteiger partial charge on any atom is 0.0900 e. The lowest BCUT2D eigenvalue weighted by molar-refractivity contribution is -0.0107. The summed E-state index contributed by atoms with van der Waals surface area (Å²) in [6.45, 7) is 5.98. The fraction of sp³-hybridized carbons (Fsp3) is 0.625. The number of nitrogens with zero attached hydrogens (tertiary/aromatic N) is 1. The van der Waals surface area contributed by atoms with E-state index in [4.69, 9.17) is 4.74 Å². The standard InChI is InChI=1S/C16H24BrNO2/c1-12(2)20-11-16(19)10-18(15-6-7-15)9-13-4-3-5-14(17)8-13/h3-5,8,12,15-16,19H,6-7,9-11H2,1-2H3. The number of benzene rings is 1. The van der Waals surface area contributed by atoms with Crippen LogP contribution >= 0.6 is 15.9 Å². The number of hydrogen-bond donors (Lipinski definition) is 1. The summed E-state index contributed by atoms with van der Waals surface area (Å²) >= 11 is 3.51. The van der Waals surface area contributed by atoms with Crippen molar-refractivity contribution in [1.29, 1.82) is 0 Å². The van der Waals surface area contributed by atoms with E-state index >= 15 is 0 Å². The molecule has 1 saturated carbocycles. The molecule has 1 aromatic rings. The van der Waals surface area contributed by atoms with Gasteiger partial charge in [0.05, 0.1) is 18.8 Å². The Labute approximate surface area is 130 Å². The Bertz CT molecular complexity index is 421. The number of ether oxygens (including phenoxy) is 1. The Morgan fingerprint density at radius 3 is 2.75 bits per heavy atom. The molecule has 4 heteroatoms. The van der Waals surface area contributed by atoms with Crippen LogP contribution in [0.1, 0.15) is 32.3 Å². The average Bonchev–Trinajstić information content (AvgIpc) is 3.20. The van der Waals surface area contributed by atoms with Crippen molar-refractivity contribution in [3.8, 4) is 0 Å². The van der Waals surface area contributed by atoms with Crippen molar-refractivity contribution in [3.63, 3.8) is 0 Å². The molecule has 0 aliphatic heterocycles. The van der Waals surface area contributed by atoms with Gasteiger partial charge in [0.15, 0.2) is 0 Å². The normalized spacial score (nSPS) is 16.9. The van der Waals surface area contributed by atoms with Crippen LogP contribution in [0.2, 0.25) is 0 Å². The van der Waals surface area contributed by atoms with Crippen molar-refractivity contribution in [3.05, 3.63) is 34.3 Å². The summed E-state index contributed by atoms with van der Waals surface area (Å²) in [5.41, 5.74) is 1.28. The molecule has 0 bridgehead atoms. The highest BCUT2D eigenvalue weighted by Crippen LogP contribution is 2.28. The summed E-state index contributed by atoms with van der Waals surface area (Å²) in [5, 5.41) is 10.1. The van der Waals surface area contributed by atoms with Gasteiger partial charge in [-0.1, -0.05) is 28.1 Å². The minimum absolute atomic E-state index is 0.170. The van der Waals surface area contributed by atoms with E-state index < -0.39 is 6.10 Å². The van der Waals surface area contributed by atoms with Gasteiger partial charge in [0.1, 0.15) is 0 Å². The van der Waals surface area contributed by atoms with E-state index in [9.17, 15) is 5.11 Å². The van der Waals surface area contributed by atoms with Crippen LogP contribution in [0.15, 0.2) is 28.7 Å². The number of aliphatic hydroxyl groups excluding tert-OH is 1. The molecule has 0 aromatic heterocycles. The number of halogens is 1. The Balaban J connectivity index is 1.87. The maximum atomic E-state index is 10.1. The average molecular weight is 342 g/mol. The van der Waals surface area contributed by atoms with Crippen molar-refractivity contribution >= 4 is 15.9 Å². The lowest BCUT2D eigenvalue weighted by atomic mass is 10.2. The van der Waals surface area contributed by atoms with Crippen LogP contribution in [-0.4, -0.2) is 41.4 Å². The Kier molecular flexibility index (Phi) is 6.02. The second-order valence-electron chi connectivity index (χ2n) is 5.83. The smallest absolute Gasteiger partial charge is 0.0900 e. The predicted molar refractivity (Wildman–Crippen MR) is 84.7 cm³/mol. The third-order valence-electron chi connectivity index (χ3n) is 3.41. The molecule has 1 aliphatic carbocycles. The van der Waals surface area contributed by atoms with Crippen LogP contribution in [0.4, 0.5) is 0 Å². The molecule has 0 amide bonds. The molecule has 0 spiro atoms. The molecule has 1 unspecified atom stereocenters. The van der Waals surface area contributed by atoms with Crippen LogP contribution in [0, 0.1) is 0 Å². The predicted octanol–water partition coefficient (Wildman–Crippen LogP) is 3.20. The molecule has 0 radical (unpaired) electrons. The molecule has 0 saturated heterocycles. The lowest BCUT2D eigenvalue weighted by Gasteiger charge is -2.25. The molecular weight excluding hydrogens is 318 g/mol. The Hall–Kier alpha value is -0.420. The molecule has 0 heterocycles. The molecular formula is C16H24BrNO2. The third kappa shape index (κ3) is 5.52. The lowest BCUT2D eigenvalue weighted by Crippen LogP contribution is -2.36. The molecule has 1 aromatic carbocycles. The van der Waals surface area contributed by atoms with Gasteiger partial charge in [-0.25, -0.2) is 0 Å². The molecule has 3 nitrogen and oxygen atoms in total. The van der Waals surface area contributed by atoms with Gasteiger partial charge in [0.2, 0.25) is 0 Å². The van der Waals surface area contributed by atoms with Crippen LogP contribution in [0.5, 0.6) is 0 Å². The first-order chi connectivity index (χ1) is 9.54. The van der Waals surface area contributed by atoms with E-state index in [0.29, 0.717) is 19.2 Å². The molecule has 1 atom stereocenters. The minimum Gasteiger partial charge on any atom is -0.389 e. The van der Waals surface area contributed by atoms with Crippen molar-refractivity contribution < 1.29 is 9.84 Å². The topological polar surface area (TPSA) is 32.7 Å². The summed E-state index contributed by atoms with van der Waals surface area (Å²) < 4.78 is 6.60. The van der Waals surface area contributed by atoms with Crippen LogP contribution in [0.3, 0.4) is 0 Å². The van der Waals surface area contributed by atoms with E-state index in [2.05, 4.69) is 39.0 Å². The molecule has 112 valence electrons. The first-order valence-electron chi connectivity index (χ1n) is 7.32. The van der Waals surface area contributed by atoms with E-state index in [1.165, 1.54) is 18.4 Å². The molecule has 1 N–H and O–H groups in total. The highest BCUT2D eigenvalue weighted by atomic mass is 79.9. The zero-order valence-electron chi connectivity index (χ0n) is 12.3. The van der Waals surface area contributed by atoms with E-state index in [0.717, 1.165) is 11.0 Å². The first-order valence-corrected chi connectivity index (χ1v) is 8.12. The van der Waals surface area contributed by atoms with Gasteiger partial charge in [-0.15, -0.1) is 0 Å². The highest BCUT2D eigenvalue weighted by molar-refractivity contribution is 9.10. The summed E-state index contributed by atoms with van der Waals surface area (Å²) in [4.78, 5) is 2.37. The van der Waals surface area contributed by atoms with Gasteiger partial charge in [-0.3, -0.25) is 4.90 Å². The number of rotatable bonds is 8. The quantitative estimate of drug-likeness (QED) is 0.788. The second-order valence-corrected chi connectivity index (χ2v) is 6.74. The van der Waals surface area contributed by atoms with Gasteiger partial charge in [-0.05, 0) is 44.4 Å². The van der Waals surface area contributed by atoms with E-state index in [1.807, 2.05) is 19.9 Å². The van der Waals surface area contributed by atoms with Gasteiger partial charge >= 0.3 is 0 Å². The summed E-state index contributed by atoms with van der Waals surface area (Å²) in [5.74, 6) is 0. The SMILES string of the molecule is CC(C)OCC(O)CN(Cc1cccc(Br)c1)C1CC1. The molecule has 1 aliphatic rings. The van der Waals surface area contributed by atoms with Crippen molar-refractivity contribution in [1.82, 2.24) is 4.90 Å². The fourth-order valence-electron chi connectivity index (χ4n) is 2.28. The van der Waals surface area contributed by atoms with Crippen LogP contribution < -0.4 is 0 Å². The molecule has 20 heavy (non-hydrogen) atoms. The van der Waals surface area contributed by atoms with E-state index in [-0.39, 0.29) is 6.10 Å². The number of hydrogen-bond acceptors (Lipinski definition) is 3. The van der Waals surface area contributed by atoms with Crippen molar-refractivity contribution in [2.75, 3.05) is 13.2 Å². The highest BCUT2D eigenvalue weighted by Gasteiger charge is 2.30. The van der Waals surface area contributed by atoms with Crippen molar-refractivity contribution in [2.24, 2.45) is 0 Å². The first kappa shape index (κ1) is 16.0. The largest absolute Gasteiger partial charge is 0.389 e. The third-order valence-corrected chi connectivity index (χ3v) is 3.90. The van der Waals surface area contributed by atoms with Gasteiger partial charge < -0.3 is 9.84 Å². The van der Waals surface area contributed by atoms with Gasteiger partial charge in [0.25, 0.3) is 0 Å². The summed E-state index contributed by atoms with van der Waals surface area (Å²) in [6, 6.07) is 9.01. The Morgan fingerprint density at radius 1 is 1.40 bits per heavy atom. The second kappa shape index (κ2) is 7.55. The number of aliphatic hydroxyl groups is 1. The van der Waals surface area contributed by atoms with Crippen LogP contribution in [0.25, 0.3) is 0 Å². The summed E-state index contributed by atoms with van der Waals surface area (Å²) in [7, 11) is 0. The minimum atomic E-state index is -0.412. The molecule has 2 rings (SSSR count). The fourth-order valence-corrected chi connectivity index (χ4v) is 2.73. The van der Waals surface area contributed by atoms with Crippen LogP contribution in [-0.2, 0) is 11.3 Å². The Morgan fingerprint density at radius 2 is 2.15 bits per heavy atom. The molecule has 1 fully saturated rings. The zero-order valence-corrected chi connectivity index (χ0v) is 13.8. The van der Waals surface area contributed by atoms with Gasteiger partial charge in [0, 0.05) is 23.6 Å². The van der Waals surface area contributed by atoms with E-state index in [1.54, 1.807) is 0 Å².